The zero-order chi connectivity index (χ0) is 17.9. The molecule has 0 saturated heterocycles. The molecule has 1 aromatic heterocycles. The lowest BCUT2D eigenvalue weighted by atomic mass is 9.72. The molecule has 3 aromatic rings. The summed E-state index contributed by atoms with van der Waals surface area (Å²) < 4.78 is 0. The summed E-state index contributed by atoms with van der Waals surface area (Å²) in [5.41, 5.74) is -0.514. The van der Waals surface area contributed by atoms with E-state index in [9.17, 15) is 5.11 Å². The first-order valence-electron chi connectivity index (χ1n) is 8.72. The van der Waals surface area contributed by atoms with Gasteiger partial charge in [0.1, 0.15) is 5.60 Å². The highest BCUT2D eigenvalue weighted by molar-refractivity contribution is 7.99. The van der Waals surface area contributed by atoms with Crippen molar-refractivity contribution in [1.29, 1.82) is 0 Å². The van der Waals surface area contributed by atoms with E-state index in [1.165, 1.54) is 15.7 Å². The van der Waals surface area contributed by atoms with Crippen molar-refractivity contribution < 1.29 is 5.11 Å². The van der Waals surface area contributed by atoms with Crippen LogP contribution in [0.5, 0.6) is 0 Å². The Balaban J connectivity index is 1.90. The van der Waals surface area contributed by atoms with Gasteiger partial charge >= 0.3 is 0 Å². The molecule has 1 heterocycles. The van der Waals surface area contributed by atoms with Crippen molar-refractivity contribution in [1.82, 2.24) is 4.98 Å². The highest BCUT2D eigenvalue weighted by Gasteiger charge is 2.44. The van der Waals surface area contributed by atoms with Crippen molar-refractivity contribution >= 4 is 22.5 Å². The first-order chi connectivity index (χ1) is 12.0. The molecular weight excluding hydrogens is 326 g/mol. The molecule has 130 valence electrons. The van der Waals surface area contributed by atoms with Gasteiger partial charge in [-0.3, -0.25) is 4.98 Å². The number of benzene rings is 2. The number of hydrogen-bond donors (Lipinski definition) is 1. The van der Waals surface area contributed by atoms with E-state index >= 15 is 0 Å². The summed E-state index contributed by atoms with van der Waals surface area (Å²) in [6.07, 6.45) is 2.63. The molecule has 2 aromatic carbocycles. The average Bonchev–Trinajstić information content (AvgIpc) is 2.66. The van der Waals surface area contributed by atoms with Crippen LogP contribution in [0.15, 0.2) is 71.8 Å². The summed E-state index contributed by atoms with van der Waals surface area (Å²) in [5.74, 6) is 0.573. The van der Waals surface area contributed by atoms with Gasteiger partial charge in [0.2, 0.25) is 0 Å². The Bertz CT molecular complexity index is 847. The largest absolute Gasteiger partial charge is 0.382 e. The van der Waals surface area contributed by atoms with Crippen LogP contribution < -0.4 is 0 Å². The first-order valence-corrected chi connectivity index (χ1v) is 9.70. The third kappa shape index (κ3) is 3.58. The third-order valence-electron chi connectivity index (χ3n) is 5.26. The highest BCUT2D eigenvalue weighted by atomic mass is 32.2. The summed E-state index contributed by atoms with van der Waals surface area (Å²) >= 11 is 1.69. The van der Waals surface area contributed by atoms with Crippen LogP contribution in [0.4, 0.5) is 0 Å². The molecule has 0 saturated carbocycles. The molecule has 0 amide bonds. The van der Waals surface area contributed by atoms with Crippen molar-refractivity contribution in [3.8, 4) is 0 Å². The lowest BCUT2D eigenvalue weighted by Crippen LogP contribution is -2.44. The lowest BCUT2D eigenvalue weighted by Gasteiger charge is -2.41. The summed E-state index contributed by atoms with van der Waals surface area (Å²) in [5, 5.41) is 14.1. The molecule has 1 N–H and O–H groups in total. The van der Waals surface area contributed by atoms with Gasteiger partial charge in [-0.05, 0) is 46.9 Å². The van der Waals surface area contributed by atoms with Gasteiger partial charge in [0.15, 0.2) is 0 Å². The fraction of sp³-hybridized carbons (Fsp3) is 0.318. The summed E-state index contributed by atoms with van der Waals surface area (Å²) in [6.45, 7) is 6.35. The summed E-state index contributed by atoms with van der Waals surface area (Å²) in [4.78, 5) is 5.63. The first kappa shape index (κ1) is 18.0. The second-order valence-electron chi connectivity index (χ2n) is 7.11. The molecule has 2 nitrogen and oxygen atoms in total. The fourth-order valence-electron chi connectivity index (χ4n) is 2.96. The number of thioether (sulfide) groups is 1. The van der Waals surface area contributed by atoms with Crippen molar-refractivity contribution in [3.63, 3.8) is 0 Å². The standard InChI is InChI=1S/C22H25NOS/c1-4-21(2,3)22(24,20-11-7-8-14-23-20)16-25-19-13-12-17-9-5-6-10-18(17)15-19/h5-15,24H,4,16H2,1-3H3. The molecule has 0 aliphatic rings. The van der Waals surface area contributed by atoms with Gasteiger partial charge < -0.3 is 5.11 Å². The fourth-order valence-corrected chi connectivity index (χ4v) is 4.25. The maximum Gasteiger partial charge on any atom is 0.121 e. The molecule has 1 atom stereocenters. The van der Waals surface area contributed by atoms with E-state index in [0.29, 0.717) is 5.75 Å². The van der Waals surface area contributed by atoms with Gasteiger partial charge in [-0.2, -0.15) is 0 Å². The Morgan fingerprint density at radius 1 is 0.960 bits per heavy atom. The van der Waals surface area contributed by atoms with Crippen LogP contribution in [-0.4, -0.2) is 15.8 Å². The molecule has 0 bridgehead atoms. The number of rotatable bonds is 6. The monoisotopic (exact) mass is 351 g/mol. The van der Waals surface area contributed by atoms with E-state index < -0.39 is 5.60 Å². The number of aromatic nitrogens is 1. The van der Waals surface area contributed by atoms with Crippen molar-refractivity contribution in [3.05, 3.63) is 72.6 Å². The molecule has 0 fully saturated rings. The summed E-state index contributed by atoms with van der Waals surface area (Å²) in [7, 11) is 0. The van der Waals surface area contributed by atoms with Crippen LogP contribution in [0.25, 0.3) is 10.8 Å². The number of nitrogens with zero attached hydrogens (tertiary/aromatic N) is 1. The molecule has 3 heteroatoms. The molecule has 25 heavy (non-hydrogen) atoms. The van der Waals surface area contributed by atoms with Crippen molar-refractivity contribution in [2.75, 3.05) is 5.75 Å². The van der Waals surface area contributed by atoms with Gasteiger partial charge in [-0.25, -0.2) is 0 Å². The van der Waals surface area contributed by atoms with Crippen LogP contribution in [0.2, 0.25) is 0 Å². The smallest absolute Gasteiger partial charge is 0.121 e. The minimum Gasteiger partial charge on any atom is -0.382 e. The van der Waals surface area contributed by atoms with Gasteiger partial charge in [0, 0.05) is 16.8 Å². The van der Waals surface area contributed by atoms with Crippen molar-refractivity contribution in [2.24, 2.45) is 5.41 Å². The SMILES string of the molecule is CCC(C)(C)C(O)(CSc1ccc2ccccc2c1)c1ccccn1. The Hall–Kier alpha value is -1.84. The zero-order valence-corrected chi connectivity index (χ0v) is 15.9. The predicted molar refractivity (Wildman–Crippen MR) is 107 cm³/mol. The van der Waals surface area contributed by atoms with Crippen LogP contribution in [0.1, 0.15) is 32.9 Å². The predicted octanol–water partition coefficient (Wildman–Crippen LogP) is 5.65. The minimum atomic E-state index is -0.987. The van der Waals surface area contributed by atoms with Crippen LogP contribution >= 0.6 is 11.8 Å². The maximum absolute atomic E-state index is 11.6. The van der Waals surface area contributed by atoms with Crippen LogP contribution in [0, 0.1) is 5.41 Å². The van der Waals surface area contributed by atoms with Crippen LogP contribution in [0.3, 0.4) is 0 Å². The summed E-state index contributed by atoms with van der Waals surface area (Å²) in [6, 6.07) is 20.6. The molecule has 0 aliphatic carbocycles. The number of fused-ring (bicyclic) bond motifs is 1. The van der Waals surface area contributed by atoms with E-state index in [4.69, 9.17) is 0 Å². The normalized spacial score (nSPS) is 14.4. The average molecular weight is 352 g/mol. The van der Waals surface area contributed by atoms with E-state index in [2.05, 4.69) is 68.2 Å². The zero-order valence-electron chi connectivity index (χ0n) is 15.1. The molecule has 0 radical (unpaired) electrons. The molecule has 0 spiro atoms. The van der Waals surface area contributed by atoms with Gasteiger partial charge in [-0.15, -0.1) is 11.8 Å². The number of pyridine rings is 1. The lowest BCUT2D eigenvalue weighted by molar-refractivity contribution is -0.0582. The topological polar surface area (TPSA) is 33.1 Å². The van der Waals surface area contributed by atoms with Gasteiger partial charge in [0.25, 0.3) is 0 Å². The van der Waals surface area contributed by atoms with Crippen LogP contribution in [-0.2, 0) is 5.60 Å². The second kappa shape index (κ2) is 7.19. The van der Waals surface area contributed by atoms with E-state index in [1.54, 1.807) is 18.0 Å². The maximum atomic E-state index is 11.6. The number of aliphatic hydroxyl groups is 1. The molecule has 1 unspecified atom stereocenters. The Kier molecular flexibility index (Phi) is 5.16. The van der Waals surface area contributed by atoms with E-state index in [0.717, 1.165) is 12.1 Å². The third-order valence-corrected chi connectivity index (χ3v) is 6.41. The molecule has 3 rings (SSSR count). The van der Waals surface area contributed by atoms with Gasteiger partial charge in [-0.1, -0.05) is 57.2 Å². The van der Waals surface area contributed by atoms with Crippen molar-refractivity contribution in [2.45, 2.75) is 37.7 Å². The molecular formula is C22H25NOS. The second-order valence-corrected chi connectivity index (χ2v) is 8.16. The minimum absolute atomic E-state index is 0.273. The quantitative estimate of drug-likeness (QED) is 0.582. The van der Waals surface area contributed by atoms with Gasteiger partial charge in [0.05, 0.1) is 5.69 Å². The Labute approximate surface area is 154 Å². The Morgan fingerprint density at radius 3 is 2.36 bits per heavy atom. The van der Waals surface area contributed by atoms with E-state index in [-0.39, 0.29) is 5.41 Å². The van der Waals surface area contributed by atoms with E-state index in [1.807, 2.05) is 18.2 Å². The highest BCUT2D eigenvalue weighted by Crippen LogP contribution is 2.44. The molecule has 0 aliphatic heterocycles. The Morgan fingerprint density at radius 2 is 1.68 bits per heavy atom. The number of hydrogen-bond acceptors (Lipinski definition) is 3.